The minimum absolute atomic E-state index is 0.161. The third kappa shape index (κ3) is 3.90. The summed E-state index contributed by atoms with van der Waals surface area (Å²) < 4.78 is 5.93. The molecule has 24 heavy (non-hydrogen) atoms. The van der Waals surface area contributed by atoms with Crippen molar-refractivity contribution in [1.29, 1.82) is 0 Å². The minimum Gasteiger partial charge on any atom is -0.497 e. The van der Waals surface area contributed by atoms with Gasteiger partial charge in [0.1, 0.15) is 5.75 Å². The van der Waals surface area contributed by atoms with Crippen LogP contribution in [0.1, 0.15) is 29.6 Å². The summed E-state index contributed by atoms with van der Waals surface area (Å²) in [6.07, 6.45) is 3.82. The van der Waals surface area contributed by atoms with E-state index in [1.54, 1.807) is 13.2 Å². The van der Waals surface area contributed by atoms with E-state index in [1.165, 1.54) is 24.9 Å². The number of amides is 1. The average molecular weight is 389 g/mol. The van der Waals surface area contributed by atoms with Crippen molar-refractivity contribution in [3.05, 3.63) is 52.5 Å². The lowest BCUT2D eigenvalue weighted by atomic mass is 10.1. The van der Waals surface area contributed by atoms with E-state index in [4.69, 9.17) is 4.74 Å². The zero-order valence-corrected chi connectivity index (χ0v) is 15.3. The maximum absolute atomic E-state index is 12.5. The van der Waals surface area contributed by atoms with Gasteiger partial charge in [0, 0.05) is 28.9 Å². The molecule has 0 aliphatic carbocycles. The first-order valence-electron chi connectivity index (χ1n) is 8.17. The van der Waals surface area contributed by atoms with Crippen LogP contribution in [0.25, 0.3) is 0 Å². The molecular weight excluding hydrogens is 368 g/mol. The van der Waals surface area contributed by atoms with Gasteiger partial charge in [-0.05, 0) is 77.7 Å². The van der Waals surface area contributed by atoms with Crippen molar-refractivity contribution in [2.45, 2.75) is 19.3 Å². The van der Waals surface area contributed by atoms with Gasteiger partial charge in [-0.25, -0.2) is 0 Å². The Morgan fingerprint density at radius 2 is 1.79 bits per heavy atom. The Bertz CT molecular complexity index is 710. The molecule has 0 atom stereocenters. The topological polar surface area (TPSA) is 41.6 Å². The normalized spacial score (nSPS) is 14.3. The van der Waals surface area contributed by atoms with Crippen molar-refractivity contribution >= 4 is 33.2 Å². The number of hydrogen-bond acceptors (Lipinski definition) is 3. The van der Waals surface area contributed by atoms with Gasteiger partial charge in [0.2, 0.25) is 0 Å². The second-order valence-corrected chi connectivity index (χ2v) is 6.75. The number of carbonyl (C=O) groups is 1. The smallest absolute Gasteiger partial charge is 0.256 e. The number of methoxy groups -OCH3 is 1. The van der Waals surface area contributed by atoms with Gasteiger partial charge in [0.25, 0.3) is 5.91 Å². The van der Waals surface area contributed by atoms with Gasteiger partial charge in [-0.3, -0.25) is 4.79 Å². The van der Waals surface area contributed by atoms with Gasteiger partial charge >= 0.3 is 0 Å². The summed E-state index contributed by atoms with van der Waals surface area (Å²) in [5, 5.41) is 2.94. The molecule has 1 amide bonds. The van der Waals surface area contributed by atoms with Crippen molar-refractivity contribution in [1.82, 2.24) is 0 Å². The van der Waals surface area contributed by atoms with E-state index in [9.17, 15) is 4.79 Å². The number of hydrogen-bond donors (Lipinski definition) is 1. The van der Waals surface area contributed by atoms with Crippen molar-refractivity contribution < 1.29 is 9.53 Å². The maximum atomic E-state index is 12.5. The summed E-state index contributed by atoms with van der Waals surface area (Å²) in [4.78, 5) is 14.9. The molecule has 0 radical (unpaired) electrons. The van der Waals surface area contributed by atoms with Crippen molar-refractivity contribution in [3.8, 4) is 5.75 Å². The number of piperidine rings is 1. The summed E-state index contributed by atoms with van der Waals surface area (Å²) in [5.41, 5.74) is 2.56. The Kier molecular flexibility index (Phi) is 5.41. The molecule has 3 rings (SSSR count). The molecule has 0 bridgehead atoms. The number of anilines is 2. The van der Waals surface area contributed by atoms with Crippen LogP contribution < -0.4 is 15.0 Å². The molecule has 1 saturated heterocycles. The first-order valence-corrected chi connectivity index (χ1v) is 8.96. The van der Waals surface area contributed by atoms with Crippen LogP contribution in [0.4, 0.5) is 11.4 Å². The van der Waals surface area contributed by atoms with Crippen LogP contribution in [-0.2, 0) is 0 Å². The highest BCUT2D eigenvalue weighted by atomic mass is 79.9. The first kappa shape index (κ1) is 16.8. The van der Waals surface area contributed by atoms with E-state index in [0.29, 0.717) is 11.3 Å². The summed E-state index contributed by atoms with van der Waals surface area (Å²) in [7, 11) is 1.59. The minimum atomic E-state index is -0.161. The lowest BCUT2D eigenvalue weighted by Gasteiger charge is -2.28. The van der Waals surface area contributed by atoms with Crippen molar-refractivity contribution in [3.63, 3.8) is 0 Å². The van der Waals surface area contributed by atoms with Crippen molar-refractivity contribution in [2.75, 3.05) is 30.4 Å². The van der Waals surface area contributed by atoms with Gasteiger partial charge in [-0.15, -0.1) is 0 Å². The maximum Gasteiger partial charge on any atom is 0.256 e. The highest BCUT2D eigenvalue weighted by molar-refractivity contribution is 9.10. The summed E-state index contributed by atoms with van der Waals surface area (Å²) in [6.45, 7) is 2.23. The molecule has 126 valence electrons. The van der Waals surface area contributed by atoms with Crippen LogP contribution in [0.5, 0.6) is 5.75 Å². The molecular formula is C19H21BrN2O2. The summed E-state index contributed by atoms with van der Waals surface area (Å²) >= 11 is 3.41. The van der Waals surface area contributed by atoms with Gasteiger partial charge in [-0.1, -0.05) is 0 Å². The fourth-order valence-electron chi connectivity index (χ4n) is 2.91. The number of benzene rings is 2. The van der Waals surface area contributed by atoms with Gasteiger partial charge < -0.3 is 15.0 Å². The van der Waals surface area contributed by atoms with E-state index < -0.39 is 0 Å². The Balaban J connectivity index is 1.70. The SMILES string of the molecule is COc1ccc(Br)c(C(=O)Nc2ccc(N3CCCCC3)cc2)c1. The van der Waals surface area contributed by atoms with Crippen LogP contribution in [0, 0.1) is 0 Å². The quantitative estimate of drug-likeness (QED) is 0.824. The number of rotatable bonds is 4. The summed E-state index contributed by atoms with van der Waals surface area (Å²) in [5.74, 6) is 0.496. The highest BCUT2D eigenvalue weighted by Gasteiger charge is 2.13. The van der Waals surface area contributed by atoms with E-state index in [-0.39, 0.29) is 5.91 Å². The lowest BCUT2D eigenvalue weighted by molar-refractivity contribution is 0.102. The monoisotopic (exact) mass is 388 g/mol. The molecule has 1 aliphatic heterocycles. The largest absolute Gasteiger partial charge is 0.497 e. The number of halogens is 1. The first-order chi connectivity index (χ1) is 11.7. The van der Waals surface area contributed by atoms with E-state index in [1.807, 2.05) is 24.3 Å². The fraction of sp³-hybridized carbons (Fsp3) is 0.316. The zero-order chi connectivity index (χ0) is 16.9. The summed E-state index contributed by atoms with van der Waals surface area (Å²) in [6, 6.07) is 13.4. The second-order valence-electron chi connectivity index (χ2n) is 5.89. The van der Waals surface area contributed by atoms with E-state index >= 15 is 0 Å². The molecule has 1 N–H and O–H groups in total. The third-order valence-electron chi connectivity index (χ3n) is 4.26. The van der Waals surface area contributed by atoms with Crippen LogP contribution in [-0.4, -0.2) is 26.1 Å². The van der Waals surface area contributed by atoms with Crippen molar-refractivity contribution in [2.24, 2.45) is 0 Å². The van der Waals surface area contributed by atoms with Crippen LogP contribution in [0.3, 0.4) is 0 Å². The van der Waals surface area contributed by atoms with Crippen LogP contribution in [0.15, 0.2) is 46.9 Å². The molecule has 0 aromatic heterocycles. The van der Waals surface area contributed by atoms with Crippen LogP contribution in [0.2, 0.25) is 0 Å². The molecule has 5 heteroatoms. The Morgan fingerprint density at radius 1 is 1.08 bits per heavy atom. The molecule has 0 unspecified atom stereocenters. The van der Waals surface area contributed by atoms with Crippen LogP contribution >= 0.6 is 15.9 Å². The fourth-order valence-corrected chi connectivity index (χ4v) is 3.34. The second kappa shape index (κ2) is 7.71. The molecule has 2 aromatic carbocycles. The predicted octanol–water partition coefficient (Wildman–Crippen LogP) is 4.70. The highest BCUT2D eigenvalue weighted by Crippen LogP contribution is 2.25. The molecule has 0 spiro atoms. The predicted molar refractivity (Wildman–Crippen MR) is 101 cm³/mol. The number of ether oxygens (including phenoxy) is 1. The third-order valence-corrected chi connectivity index (χ3v) is 4.96. The zero-order valence-electron chi connectivity index (χ0n) is 13.7. The molecule has 1 fully saturated rings. The molecule has 0 saturated carbocycles. The molecule has 2 aromatic rings. The lowest BCUT2D eigenvalue weighted by Crippen LogP contribution is -2.29. The van der Waals surface area contributed by atoms with Gasteiger partial charge in [-0.2, -0.15) is 0 Å². The molecule has 1 aliphatic rings. The van der Waals surface area contributed by atoms with Gasteiger partial charge in [0.15, 0.2) is 0 Å². The van der Waals surface area contributed by atoms with E-state index in [0.717, 1.165) is 23.2 Å². The Labute approximate surface area is 150 Å². The number of nitrogens with one attached hydrogen (secondary N) is 1. The average Bonchev–Trinajstić information content (AvgIpc) is 2.63. The van der Waals surface area contributed by atoms with Gasteiger partial charge in [0.05, 0.1) is 12.7 Å². The standard InChI is InChI=1S/C19H21BrN2O2/c1-24-16-9-10-18(20)17(13-16)19(23)21-14-5-7-15(8-6-14)22-11-3-2-4-12-22/h5-10,13H,2-4,11-12H2,1H3,(H,21,23). The molecule has 1 heterocycles. The number of nitrogens with zero attached hydrogens (tertiary/aromatic N) is 1. The Morgan fingerprint density at radius 3 is 2.46 bits per heavy atom. The number of carbonyl (C=O) groups excluding carboxylic acids is 1. The Hall–Kier alpha value is -2.01. The van der Waals surface area contributed by atoms with E-state index in [2.05, 4.69) is 38.3 Å². The molecule has 4 nitrogen and oxygen atoms in total.